The third-order valence-electron chi connectivity index (χ3n) is 3.85. The van der Waals surface area contributed by atoms with Gasteiger partial charge < -0.3 is 10.6 Å². The molecule has 0 fully saturated rings. The van der Waals surface area contributed by atoms with Crippen LogP contribution in [0.15, 0.2) is 42.5 Å². The number of benzene rings is 2. The van der Waals surface area contributed by atoms with Crippen molar-refractivity contribution in [2.75, 3.05) is 13.1 Å². The average Bonchev–Trinajstić information content (AvgIpc) is 2.54. The number of rotatable bonds is 8. The minimum Gasteiger partial charge on any atom is -0.355 e. The van der Waals surface area contributed by atoms with E-state index in [-0.39, 0.29) is 11.9 Å². The van der Waals surface area contributed by atoms with E-state index in [0.29, 0.717) is 0 Å². The van der Waals surface area contributed by atoms with Gasteiger partial charge >= 0.3 is 0 Å². The Morgan fingerprint density at radius 2 is 1.86 bits per heavy atom. The smallest absolute Gasteiger partial charge is 0.237 e. The fourth-order valence-corrected chi connectivity index (χ4v) is 2.62. The molecule has 2 rings (SSSR count). The van der Waals surface area contributed by atoms with Gasteiger partial charge in [-0.05, 0) is 35.7 Å². The Bertz CT molecular complexity index is 609. The van der Waals surface area contributed by atoms with Crippen LogP contribution < -0.4 is 10.6 Å². The van der Waals surface area contributed by atoms with Crippen LogP contribution in [0.25, 0.3) is 10.8 Å². The predicted molar refractivity (Wildman–Crippen MR) is 93.0 cm³/mol. The molecule has 0 bridgehead atoms. The lowest BCUT2D eigenvalue weighted by Crippen LogP contribution is -2.45. The van der Waals surface area contributed by atoms with Crippen molar-refractivity contribution in [3.05, 3.63) is 48.0 Å². The zero-order valence-electron chi connectivity index (χ0n) is 13.6. The number of hydrogen-bond donors (Lipinski definition) is 2. The van der Waals surface area contributed by atoms with Gasteiger partial charge in [0.2, 0.25) is 5.91 Å². The van der Waals surface area contributed by atoms with E-state index >= 15 is 0 Å². The quantitative estimate of drug-likeness (QED) is 0.734. The van der Waals surface area contributed by atoms with Gasteiger partial charge in [0, 0.05) is 6.54 Å². The summed E-state index contributed by atoms with van der Waals surface area (Å²) in [5, 5.41) is 8.78. The van der Waals surface area contributed by atoms with E-state index < -0.39 is 0 Å². The Morgan fingerprint density at radius 3 is 2.59 bits per heavy atom. The molecule has 0 aliphatic carbocycles. The summed E-state index contributed by atoms with van der Waals surface area (Å²) in [6.07, 6.45) is 2.84. The SMILES string of the molecule is CCCCNC(=O)[C@H](Cc1ccc2ccccc2c1)NCC. The first kappa shape index (κ1) is 16.5. The molecule has 3 heteroatoms. The number of carbonyl (C=O) groups excluding carboxylic acids is 1. The molecule has 22 heavy (non-hydrogen) atoms. The normalized spacial score (nSPS) is 12.3. The van der Waals surface area contributed by atoms with Crippen LogP contribution in [0.5, 0.6) is 0 Å². The van der Waals surface area contributed by atoms with Crippen molar-refractivity contribution in [1.29, 1.82) is 0 Å². The lowest BCUT2D eigenvalue weighted by atomic mass is 10.0. The van der Waals surface area contributed by atoms with Gasteiger partial charge in [-0.15, -0.1) is 0 Å². The summed E-state index contributed by atoms with van der Waals surface area (Å²) >= 11 is 0. The van der Waals surface area contributed by atoms with Crippen molar-refractivity contribution < 1.29 is 4.79 Å². The molecule has 0 saturated heterocycles. The van der Waals surface area contributed by atoms with Gasteiger partial charge in [0.05, 0.1) is 6.04 Å². The van der Waals surface area contributed by atoms with Gasteiger partial charge in [0.1, 0.15) is 0 Å². The number of hydrogen-bond acceptors (Lipinski definition) is 2. The minimum atomic E-state index is -0.164. The van der Waals surface area contributed by atoms with Gasteiger partial charge in [-0.2, -0.15) is 0 Å². The molecule has 2 N–H and O–H groups in total. The molecule has 0 radical (unpaired) electrons. The molecule has 0 spiro atoms. The largest absolute Gasteiger partial charge is 0.355 e. The molecule has 0 unspecified atom stereocenters. The number of nitrogens with one attached hydrogen (secondary N) is 2. The van der Waals surface area contributed by atoms with E-state index in [9.17, 15) is 4.79 Å². The van der Waals surface area contributed by atoms with Crippen LogP contribution in [0.2, 0.25) is 0 Å². The second-order valence-corrected chi connectivity index (χ2v) is 5.64. The van der Waals surface area contributed by atoms with Gasteiger partial charge in [-0.25, -0.2) is 0 Å². The summed E-state index contributed by atoms with van der Waals surface area (Å²) in [6, 6.07) is 14.6. The maximum absolute atomic E-state index is 12.3. The zero-order valence-corrected chi connectivity index (χ0v) is 13.6. The van der Waals surface area contributed by atoms with Gasteiger partial charge in [0.15, 0.2) is 0 Å². The van der Waals surface area contributed by atoms with Crippen LogP contribution >= 0.6 is 0 Å². The van der Waals surface area contributed by atoms with Crippen LogP contribution in [-0.2, 0) is 11.2 Å². The maximum atomic E-state index is 12.3. The standard InChI is InChI=1S/C19H26N2O/c1-3-5-12-21-19(22)18(20-4-2)14-15-10-11-16-8-6-7-9-17(16)13-15/h6-11,13,18,20H,3-5,12,14H2,1-2H3,(H,21,22)/t18-/m0/s1. The second kappa shape index (κ2) is 8.54. The molecule has 0 aliphatic heterocycles. The molecule has 1 atom stereocenters. The van der Waals surface area contributed by atoms with Gasteiger partial charge in [0.25, 0.3) is 0 Å². The van der Waals surface area contributed by atoms with E-state index in [4.69, 9.17) is 0 Å². The molecule has 0 heterocycles. The van der Waals surface area contributed by atoms with Crippen LogP contribution in [0.4, 0.5) is 0 Å². The molecule has 2 aromatic carbocycles. The Kier molecular flexibility index (Phi) is 6.41. The van der Waals surface area contributed by atoms with Gasteiger partial charge in [-0.3, -0.25) is 4.79 Å². The van der Waals surface area contributed by atoms with Crippen molar-refractivity contribution >= 4 is 16.7 Å². The van der Waals surface area contributed by atoms with Gasteiger partial charge in [-0.1, -0.05) is 62.7 Å². The molecule has 118 valence electrons. The summed E-state index contributed by atoms with van der Waals surface area (Å²) in [4.78, 5) is 12.3. The third kappa shape index (κ3) is 4.57. The van der Waals surface area contributed by atoms with E-state index in [2.05, 4.69) is 47.9 Å². The van der Waals surface area contributed by atoms with Crippen molar-refractivity contribution in [1.82, 2.24) is 10.6 Å². The summed E-state index contributed by atoms with van der Waals surface area (Å²) in [6.45, 7) is 5.71. The fraction of sp³-hybridized carbons (Fsp3) is 0.421. The van der Waals surface area contributed by atoms with Crippen molar-refractivity contribution in [3.8, 4) is 0 Å². The summed E-state index contributed by atoms with van der Waals surface area (Å²) < 4.78 is 0. The lowest BCUT2D eigenvalue weighted by molar-refractivity contribution is -0.123. The summed E-state index contributed by atoms with van der Waals surface area (Å²) in [5.74, 6) is 0.100. The topological polar surface area (TPSA) is 41.1 Å². The highest BCUT2D eigenvalue weighted by Gasteiger charge is 2.17. The molecular formula is C19H26N2O. The predicted octanol–water partition coefficient (Wildman–Crippen LogP) is 3.28. The second-order valence-electron chi connectivity index (χ2n) is 5.64. The number of unbranched alkanes of at least 4 members (excludes halogenated alkanes) is 1. The maximum Gasteiger partial charge on any atom is 0.237 e. The van der Waals surface area contributed by atoms with Crippen molar-refractivity contribution in [2.24, 2.45) is 0 Å². The number of carbonyl (C=O) groups is 1. The molecule has 1 amide bonds. The van der Waals surface area contributed by atoms with E-state index in [1.54, 1.807) is 0 Å². The molecule has 2 aromatic rings. The number of likely N-dealkylation sites (N-methyl/N-ethyl adjacent to an activating group) is 1. The Labute approximate surface area is 133 Å². The van der Waals surface area contributed by atoms with Crippen LogP contribution in [-0.4, -0.2) is 25.0 Å². The molecule has 3 nitrogen and oxygen atoms in total. The van der Waals surface area contributed by atoms with Crippen LogP contribution in [0, 0.1) is 0 Å². The Morgan fingerprint density at radius 1 is 1.09 bits per heavy atom. The number of fused-ring (bicyclic) bond motifs is 1. The fourth-order valence-electron chi connectivity index (χ4n) is 2.62. The monoisotopic (exact) mass is 298 g/mol. The average molecular weight is 298 g/mol. The van der Waals surface area contributed by atoms with Crippen molar-refractivity contribution in [3.63, 3.8) is 0 Å². The first-order chi connectivity index (χ1) is 10.7. The van der Waals surface area contributed by atoms with E-state index in [1.165, 1.54) is 16.3 Å². The highest BCUT2D eigenvalue weighted by Crippen LogP contribution is 2.16. The highest BCUT2D eigenvalue weighted by atomic mass is 16.2. The molecule has 0 aromatic heterocycles. The minimum absolute atomic E-state index is 0.100. The Hall–Kier alpha value is -1.87. The molecule has 0 aliphatic rings. The molecular weight excluding hydrogens is 272 g/mol. The molecule has 0 saturated carbocycles. The first-order valence-corrected chi connectivity index (χ1v) is 8.23. The van der Waals surface area contributed by atoms with Crippen LogP contribution in [0.3, 0.4) is 0 Å². The number of amides is 1. The lowest BCUT2D eigenvalue weighted by Gasteiger charge is -2.18. The highest BCUT2D eigenvalue weighted by molar-refractivity contribution is 5.84. The van der Waals surface area contributed by atoms with E-state index in [0.717, 1.165) is 32.4 Å². The third-order valence-corrected chi connectivity index (χ3v) is 3.85. The van der Waals surface area contributed by atoms with Crippen LogP contribution in [0.1, 0.15) is 32.3 Å². The van der Waals surface area contributed by atoms with Crippen molar-refractivity contribution in [2.45, 2.75) is 39.2 Å². The zero-order chi connectivity index (χ0) is 15.8. The summed E-state index contributed by atoms with van der Waals surface area (Å²) in [7, 11) is 0. The van der Waals surface area contributed by atoms with E-state index in [1.807, 2.05) is 19.1 Å². The Balaban J connectivity index is 2.06. The first-order valence-electron chi connectivity index (χ1n) is 8.23. The summed E-state index contributed by atoms with van der Waals surface area (Å²) in [5.41, 5.74) is 1.19.